The van der Waals surface area contributed by atoms with Gasteiger partial charge in [0.1, 0.15) is 84.1 Å². The minimum atomic E-state index is -4.54. The number of aliphatic hydroxyl groups excluding tert-OH is 4. The van der Waals surface area contributed by atoms with Crippen LogP contribution in [0.2, 0.25) is 0 Å². The summed E-state index contributed by atoms with van der Waals surface area (Å²) < 4.78 is 171. The van der Waals surface area contributed by atoms with Gasteiger partial charge in [-0.15, -0.1) is 9.05 Å². The van der Waals surface area contributed by atoms with E-state index in [1.165, 1.54) is 77.7 Å². The van der Waals surface area contributed by atoms with Crippen LogP contribution < -0.4 is 27.4 Å². The van der Waals surface area contributed by atoms with Crippen LogP contribution in [0.4, 0.5) is 43.8 Å². The molecule has 6 aliphatic heterocycles. The third kappa shape index (κ3) is 26.3. The molecule has 2 aromatic carbocycles. The molecule has 39 nitrogen and oxygen atoms in total. The largest absolute Gasteiger partial charge is 0.697 e. The van der Waals surface area contributed by atoms with Crippen molar-refractivity contribution in [3.05, 3.63) is 107 Å². The summed E-state index contributed by atoms with van der Waals surface area (Å²) in [4.78, 5) is 98.2. The molecule has 3 saturated heterocycles. The average molecular weight is 1930 g/mol. The van der Waals surface area contributed by atoms with Gasteiger partial charge in [0.15, 0.2) is 85.9 Å². The smallest absolute Gasteiger partial charge is 0.395 e. The zero-order chi connectivity index (χ0) is 93.4. The molecule has 3 fully saturated rings. The molecule has 9 heterocycles. The van der Waals surface area contributed by atoms with Gasteiger partial charge >= 0.3 is 36.1 Å². The number of nitrogens with zero attached hydrogens (tertiary/aromatic N) is 9. The van der Waals surface area contributed by atoms with Gasteiger partial charge in [-0.25, -0.2) is 49.2 Å². The Bertz CT molecular complexity index is 4760. The number of hydrogen-bond donors (Lipinski definition) is 12. The van der Waals surface area contributed by atoms with Crippen molar-refractivity contribution in [3.63, 3.8) is 0 Å². The molecular weight excluding hydrogens is 1820 g/mol. The van der Waals surface area contributed by atoms with E-state index in [0.717, 1.165) is 59.6 Å². The second-order valence-electron chi connectivity index (χ2n) is 32.3. The third-order valence-electron chi connectivity index (χ3n) is 21.1. The first kappa shape index (κ1) is 108. The predicted octanol–water partition coefficient (Wildman–Crippen LogP) is 8.92. The highest BCUT2D eigenvalue weighted by Crippen LogP contribution is 2.51. The van der Waals surface area contributed by atoms with Crippen LogP contribution in [-0.2, 0) is 94.9 Å². The maximum Gasteiger partial charge on any atom is 0.697 e. The van der Waals surface area contributed by atoms with E-state index in [9.17, 15) is 105 Å². The fraction of sp³-hybridized carbons (Fsp3) is 0.605. The van der Waals surface area contributed by atoms with E-state index < -0.39 is 155 Å². The molecule has 0 bridgehead atoms. The zero-order valence-corrected chi connectivity index (χ0v) is 75.8. The van der Waals surface area contributed by atoms with Gasteiger partial charge in [0.2, 0.25) is 0 Å². The Hall–Kier alpha value is -6.97. The number of aromatic nitrogens is 6. The van der Waals surface area contributed by atoms with E-state index in [1.54, 1.807) is 27.7 Å². The van der Waals surface area contributed by atoms with Crippen LogP contribution >= 0.6 is 59.0 Å². The lowest BCUT2D eigenvalue weighted by molar-refractivity contribution is -0.138. The van der Waals surface area contributed by atoms with Crippen molar-refractivity contribution in [3.8, 4) is 0 Å². The Morgan fingerprint density at radius 2 is 0.820 bits per heavy atom. The summed E-state index contributed by atoms with van der Waals surface area (Å²) >= 11 is 2.94. The standard InChI is InChI=1S/C28H37F3N5O8PS.C27H35F3N5O9PS.C20H29N4O8PS.CH4.B/c1-5-26(2,3)25(39)46-11-10-42-45(41,34-13-16-6-8-17(9-7-16)28(29,30)31)43-14-19-22(38)27(4,40)24(44-19)36-15-33-21-18(37)12-20(32)35-23(21)36;1-25(2,13-36)24(39)46-9-8-42-45(41,33-11-15-4-6-16(7-5-15)27(28,29)30)43-12-18-21(38)26(3,40)23(44-18)35-14-32-20-17(37)10-19(31)34-22(20)35;1-5-19(2,3)18(27)34-7-6-30-33(29)31-9-12-15(26)20(4,28)17(32-12)24-10-22-14-11(25)8-13(21)23-16(14)24;;/h6-9,15,19,22,24,38,40H,5,10-14H2,1-4H3,(H2,32,35)(H,34,41);4-7,14,18,21,23,36,38,40H,8-13H2,1-3H3,(H2,31,34)(H,33,41);10,12,15,17,26,28H,5-9H2,1-4H3,(H-,21,23,25);1H4;/p+1/t19-,22+,24-,27?,45?;18-,21+,23-,26?,45?;12-,15+,17-,20?;;/m111../s1. The summed E-state index contributed by atoms with van der Waals surface area (Å²) in [5, 5.41) is 79.9. The molecule has 0 spiro atoms. The normalized spacial score (nSPS) is 25.2. The van der Waals surface area contributed by atoms with Crippen LogP contribution in [0.3, 0.4) is 0 Å². The van der Waals surface area contributed by atoms with E-state index in [-0.39, 0.29) is 172 Å². The summed E-state index contributed by atoms with van der Waals surface area (Å²) in [6.07, 6.45) is -16.4. The molecule has 6 aliphatic rings. The lowest BCUT2D eigenvalue weighted by Gasteiger charge is -2.28. The maximum atomic E-state index is 13.8. The van der Waals surface area contributed by atoms with Crippen molar-refractivity contribution in [1.82, 2.24) is 38.8 Å². The number of aliphatic imine (C=N–C) groups is 3. The highest BCUT2D eigenvalue weighted by Gasteiger charge is 2.58. The van der Waals surface area contributed by atoms with Gasteiger partial charge in [0.05, 0.1) is 87.8 Å². The van der Waals surface area contributed by atoms with Crippen LogP contribution in [0.15, 0.2) is 82.5 Å². The van der Waals surface area contributed by atoms with Crippen molar-refractivity contribution in [2.45, 2.75) is 213 Å². The SMILES string of the molecule is C.CC(C)(CO)C(=O)SCCOP(=O)(NCc1ccc(C(F)(F)F)cc1)OC[C@H]1O[C@@H](n2cnc3c2N=C(N)CC3=O)C(C)(O)[C@H]1O.CCC(C)(C)C(=O)SCCOP(=O)(NCc1ccc(C(F)(F)F)cc1)OC[C@H]1O[C@@H](n2cnc3c2N=C(N)CC3=O)C(C)(O)[C@H]1O.CCC(C)(C)C(=O)SCCO[P+](=O)OC[C@H]1O[C@@H](n2cnc3c2N=C(N)CC3=O)C(C)(O)[C@H]1O.[B]. The lowest BCUT2D eigenvalue weighted by Crippen LogP contribution is -2.44. The van der Waals surface area contributed by atoms with E-state index >= 15 is 0 Å². The van der Waals surface area contributed by atoms with Gasteiger partial charge in [-0.3, -0.25) is 60.6 Å². The molecular formula is C76H106BF6N14O25P3S3+. The number of fused-ring (bicyclic) bond motifs is 3. The number of nitrogens with one attached hydrogen (secondary N) is 2. The molecule has 3 aromatic heterocycles. The topological polar surface area (TPSA) is 571 Å². The van der Waals surface area contributed by atoms with Crippen molar-refractivity contribution in [1.29, 1.82) is 0 Å². The molecule has 52 heteroatoms. The van der Waals surface area contributed by atoms with Crippen LogP contribution in [0, 0.1) is 16.2 Å². The highest BCUT2D eigenvalue weighted by molar-refractivity contribution is 8.14. The fourth-order valence-electron chi connectivity index (χ4n) is 12.4. The first-order valence-corrected chi connectivity index (χ1v) is 46.2. The molecule has 6 unspecified atom stereocenters. The number of imidazole rings is 3. The quantitative estimate of drug-likeness (QED) is 0.00770. The molecule has 5 aromatic rings. The van der Waals surface area contributed by atoms with Gasteiger partial charge in [-0.1, -0.05) is 109 Å². The van der Waals surface area contributed by atoms with Crippen LogP contribution in [0.1, 0.15) is 188 Å². The minimum Gasteiger partial charge on any atom is -0.395 e. The van der Waals surface area contributed by atoms with Crippen molar-refractivity contribution in [2.75, 3.05) is 63.5 Å². The molecule has 0 saturated carbocycles. The number of carbonyl (C=O) groups is 6. The van der Waals surface area contributed by atoms with E-state index in [0.29, 0.717) is 29.7 Å². The Morgan fingerprint density at radius 1 is 0.523 bits per heavy atom. The number of halogens is 6. The summed E-state index contributed by atoms with van der Waals surface area (Å²) in [5.74, 6) is -0.268. The summed E-state index contributed by atoms with van der Waals surface area (Å²) in [5.41, 5.74) is 8.51. The summed E-state index contributed by atoms with van der Waals surface area (Å²) in [6.45, 7) is 15.4. The van der Waals surface area contributed by atoms with Crippen molar-refractivity contribution in [2.24, 2.45) is 48.4 Å². The average Bonchev–Trinajstić information content (AvgIpc) is 1.60. The highest BCUT2D eigenvalue weighted by atomic mass is 32.2. The van der Waals surface area contributed by atoms with Gasteiger partial charge in [0, 0.05) is 54.2 Å². The van der Waals surface area contributed by atoms with Crippen LogP contribution in [-0.4, -0.2) is 240 Å². The minimum absolute atomic E-state index is 0. The number of alkyl halides is 6. The third-order valence-corrected chi connectivity index (χ3v) is 28.5. The first-order valence-electron chi connectivity index (χ1n) is 39.1. The molecule has 707 valence electrons. The van der Waals surface area contributed by atoms with E-state index in [4.69, 9.17) is 58.6 Å². The molecule has 15 atom stereocenters. The van der Waals surface area contributed by atoms with Gasteiger partial charge in [-0.05, 0) is 82.9 Å². The van der Waals surface area contributed by atoms with Gasteiger partial charge < -0.3 is 67.2 Å². The number of benzene rings is 2. The molecule has 3 radical (unpaired) electrons. The number of Topliss-reactive ketones (excluding diaryl/α,β-unsaturated/α-hetero) is 3. The number of thioether (sulfide) groups is 3. The number of nitrogens with two attached hydrogens (primary N) is 3. The number of aliphatic hydroxyl groups is 7. The van der Waals surface area contributed by atoms with Gasteiger partial charge in [0.25, 0.3) is 0 Å². The molecule has 11 rings (SSSR count). The van der Waals surface area contributed by atoms with Gasteiger partial charge in [-0.2, -0.15) is 26.3 Å². The van der Waals surface area contributed by atoms with Crippen molar-refractivity contribution >= 4 is 135 Å². The van der Waals surface area contributed by atoms with Crippen molar-refractivity contribution < 1.29 is 146 Å². The van der Waals surface area contributed by atoms with Crippen LogP contribution in [0.25, 0.3) is 0 Å². The van der Waals surface area contributed by atoms with E-state index in [1.807, 2.05) is 27.7 Å². The zero-order valence-electron chi connectivity index (χ0n) is 70.7. The lowest BCUT2D eigenvalue weighted by atomic mass is 9.92. The summed E-state index contributed by atoms with van der Waals surface area (Å²) in [6, 6.07) is 8.27. The predicted molar refractivity (Wildman–Crippen MR) is 458 cm³/mol. The monoisotopic (exact) mass is 1930 g/mol. The Kier molecular flexibility index (Phi) is 37.0. The number of amidine groups is 3. The number of carbonyl (C=O) groups excluding carboxylic acids is 6. The molecule has 15 N–H and O–H groups in total. The molecule has 128 heavy (non-hydrogen) atoms. The number of hydrogen-bond acceptors (Lipinski definition) is 37. The first-order chi connectivity index (χ1) is 58.6. The fourth-order valence-corrected chi connectivity index (χ4v) is 18.6. The Balaban J connectivity index is 0.000000264. The van der Waals surface area contributed by atoms with E-state index in [2.05, 4.69) is 40.1 Å². The number of ether oxygens (including phenoxy) is 3. The second kappa shape index (κ2) is 43.8. The Morgan fingerprint density at radius 3 is 1.12 bits per heavy atom. The summed E-state index contributed by atoms with van der Waals surface area (Å²) in [7, 11) is -11.1. The molecule has 0 amide bonds. The molecule has 0 aliphatic carbocycles. The van der Waals surface area contributed by atoms with Crippen LogP contribution in [0.5, 0.6) is 0 Å². The second-order valence-corrected chi connectivity index (χ2v) is 40.1. The maximum absolute atomic E-state index is 13.8. The number of rotatable bonds is 36. The Labute approximate surface area is 748 Å². The number of ketones is 3.